The molecule has 4 rings (SSSR count). The maximum atomic E-state index is 13.9. The Morgan fingerprint density at radius 1 is 1.00 bits per heavy atom. The number of urea groups is 1. The number of aromatic nitrogens is 1. The number of amides is 3. The van der Waals surface area contributed by atoms with E-state index in [4.69, 9.17) is 4.74 Å². The Kier molecular flexibility index (Phi) is 9.25. The molecule has 1 fully saturated rings. The molecular weight excluding hydrogens is 537 g/mol. The molecule has 0 spiro atoms. The molecule has 216 valence electrons. The minimum Gasteiger partial charge on any atom is -0.456 e. The maximum Gasteiger partial charge on any atom is 0.416 e. The molecule has 1 aliphatic rings. The predicted molar refractivity (Wildman–Crippen MR) is 151 cm³/mol. The third kappa shape index (κ3) is 8.29. The van der Waals surface area contributed by atoms with Gasteiger partial charge in [-0.1, -0.05) is 12.6 Å². The topological polar surface area (TPSA) is 98.8 Å². The summed E-state index contributed by atoms with van der Waals surface area (Å²) in [5, 5.41) is 7.70. The van der Waals surface area contributed by atoms with E-state index < -0.39 is 17.8 Å². The van der Waals surface area contributed by atoms with Crippen LogP contribution in [0.3, 0.4) is 0 Å². The minimum absolute atomic E-state index is 0.0368. The number of benzene rings is 2. The smallest absolute Gasteiger partial charge is 0.416 e. The average Bonchev–Trinajstić information content (AvgIpc) is 2.92. The van der Waals surface area contributed by atoms with Crippen molar-refractivity contribution in [3.8, 4) is 11.5 Å². The number of carbonyl (C=O) groups excluding carboxylic acids is 2. The molecule has 2 heterocycles. The zero-order chi connectivity index (χ0) is 29.6. The third-order valence-electron chi connectivity index (χ3n) is 6.52. The van der Waals surface area contributed by atoms with Gasteiger partial charge in [0, 0.05) is 44.1 Å². The molecule has 3 amide bonds. The van der Waals surface area contributed by atoms with Crippen molar-refractivity contribution in [2.45, 2.75) is 19.6 Å². The van der Waals surface area contributed by atoms with Crippen molar-refractivity contribution in [1.29, 1.82) is 0 Å². The van der Waals surface area contributed by atoms with Gasteiger partial charge >= 0.3 is 12.2 Å². The molecule has 2 aromatic carbocycles. The summed E-state index contributed by atoms with van der Waals surface area (Å²) in [5.74, 6) is 0.865. The van der Waals surface area contributed by atoms with Gasteiger partial charge in [0.05, 0.1) is 11.8 Å². The van der Waals surface area contributed by atoms with E-state index in [1.807, 2.05) is 11.9 Å². The third-order valence-corrected chi connectivity index (χ3v) is 6.52. The van der Waals surface area contributed by atoms with E-state index in [0.717, 1.165) is 25.2 Å². The van der Waals surface area contributed by atoms with Crippen LogP contribution >= 0.6 is 0 Å². The Balaban J connectivity index is 1.38. The Hall–Kier alpha value is -4.42. The lowest BCUT2D eigenvalue weighted by atomic mass is 10.0. The molecule has 1 aliphatic heterocycles. The van der Waals surface area contributed by atoms with Gasteiger partial charge in [-0.15, -0.1) is 0 Å². The van der Waals surface area contributed by atoms with E-state index in [1.54, 1.807) is 37.3 Å². The van der Waals surface area contributed by atoms with Crippen LogP contribution in [0, 0.1) is 6.92 Å². The molecule has 3 N–H and O–H groups in total. The molecule has 0 saturated carbocycles. The fourth-order valence-corrected chi connectivity index (χ4v) is 4.26. The van der Waals surface area contributed by atoms with E-state index in [1.165, 1.54) is 18.3 Å². The average molecular weight is 569 g/mol. The van der Waals surface area contributed by atoms with Crippen LogP contribution in [0.2, 0.25) is 0 Å². The van der Waals surface area contributed by atoms with Crippen molar-refractivity contribution in [1.82, 2.24) is 14.8 Å². The van der Waals surface area contributed by atoms with E-state index in [2.05, 4.69) is 32.4 Å². The summed E-state index contributed by atoms with van der Waals surface area (Å²) < 4.78 is 47.4. The summed E-state index contributed by atoms with van der Waals surface area (Å²) in [6, 6.07) is 11.3. The highest BCUT2D eigenvalue weighted by Crippen LogP contribution is 2.35. The first-order valence-electron chi connectivity index (χ1n) is 12.9. The Bertz CT molecular complexity index is 1400. The summed E-state index contributed by atoms with van der Waals surface area (Å²) in [6.45, 7) is 8.31. The molecule has 0 atom stereocenters. The predicted octanol–water partition coefficient (Wildman–Crippen LogP) is 5.72. The van der Waals surface area contributed by atoms with Gasteiger partial charge in [-0.2, -0.15) is 13.2 Å². The van der Waals surface area contributed by atoms with Crippen LogP contribution in [0.5, 0.6) is 11.5 Å². The lowest BCUT2D eigenvalue weighted by Crippen LogP contribution is -2.44. The van der Waals surface area contributed by atoms with Gasteiger partial charge < -0.3 is 25.6 Å². The van der Waals surface area contributed by atoms with Crippen molar-refractivity contribution in [2.75, 3.05) is 49.2 Å². The van der Waals surface area contributed by atoms with E-state index in [-0.39, 0.29) is 23.7 Å². The monoisotopic (exact) mass is 568 g/mol. The zero-order valence-corrected chi connectivity index (χ0v) is 22.7. The Morgan fingerprint density at radius 2 is 1.73 bits per heavy atom. The van der Waals surface area contributed by atoms with Crippen LogP contribution < -0.4 is 20.7 Å². The number of nitrogens with zero attached hydrogens (tertiary/aromatic N) is 3. The Morgan fingerprint density at radius 3 is 2.37 bits per heavy atom. The number of aryl methyl sites for hydroxylation is 1. The maximum absolute atomic E-state index is 13.9. The number of hydrogen-bond acceptors (Lipinski definition) is 6. The molecule has 12 heteroatoms. The fourth-order valence-electron chi connectivity index (χ4n) is 4.26. The summed E-state index contributed by atoms with van der Waals surface area (Å²) >= 11 is 0. The fraction of sp³-hybridized carbons (Fsp3) is 0.276. The number of pyridine rings is 1. The molecule has 3 aromatic rings. The van der Waals surface area contributed by atoms with Crippen LogP contribution in [0.4, 0.5) is 35.2 Å². The molecule has 1 saturated heterocycles. The minimum atomic E-state index is -4.56. The van der Waals surface area contributed by atoms with Crippen LogP contribution in [0.25, 0.3) is 0 Å². The van der Waals surface area contributed by atoms with Gasteiger partial charge in [-0.25, -0.2) is 9.78 Å². The molecule has 41 heavy (non-hydrogen) atoms. The summed E-state index contributed by atoms with van der Waals surface area (Å²) in [5.41, 5.74) is 0.565. The second-order valence-electron chi connectivity index (χ2n) is 9.68. The molecule has 0 radical (unpaired) electrons. The lowest BCUT2D eigenvalue weighted by Gasteiger charge is -2.33. The highest BCUT2D eigenvalue weighted by atomic mass is 19.4. The van der Waals surface area contributed by atoms with Crippen molar-refractivity contribution in [3.05, 3.63) is 84.1 Å². The number of hydrogen-bond donors (Lipinski definition) is 3. The number of rotatable bonds is 8. The van der Waals surface area contributed by atoms with Crippen molar-refractivity contribution in [2.24, 2.45) is 0 Å². The second-order valence-corrected chi connectivity index (χ2v) is 9.68. The van der Waals surface area contributed by atoms with Crippen molar-refractivity contribution >= 4 is 29.1 Å². The standard InChI is InChI=1S/C29H31F3N6O3/c1-4-27(39)36-26-10-8-23(17-33-26)41-22-7-9-25(19(2)15-22)35-28(40)34-21-6-5-20(24(16-21)29(30,31)32)18-38-13-11-37(3)12-14-38/h4-10,15-17H,1,11-14,18H2,2-3H3,(H,33,36,39)(H2,34,35,40). The van der Waals surface area contributed by atoms with Crippen LogP contribution in [-0.2, 0) is 17.5 Å². The largest absolute Gasteiger partial charge is 0.456 e. The summed E-state index contributed by atoms with van der Waals surface area (Å²) in [4.78, 5) is 32.2. The highest BCUT2D eigenvalue weighted by Gasteiger charge is 2.34. The quantitative estimate of drug-likeness (QED) is 0.301. The first-order chi connectivity index (χ1) is 19.5. The number of anilines is 3. The van der Waals surface area contributed by atoms with E-state index in [0.29, 0.717) is 41.7 Å². The first-order valence-corrected chi connectivity index (χ1v) is 12.9. The van der Waals surface area contributed by atoms with E-state index >= 15 is 0 Å². The normalized spacial score (nSPS) is 14.3. The van der Waals surface area contributed by atoms with Gasteiger partial charge in [-0.3, -0.25) is 9.69 Å². The Labute approximate surface area is 236 Å². The lowest BCUT2D eigenvalue weighted by molar-refractivity contribution is -0.138. The van der Waals surface area contributed by atoms with E-state index in [9.17, 15) is 22.8 Å². The van der Waals surface area contributed by atoms with Crippen LogP contribution in [-0.4, -0.2) is 59.9 Å². The number of ether oxygens (including phenoxy) is 1. The van der Waals surface area contributed by atoms with Gasteiger partial charge in [0.15, 0.2) is 0 Å². The molecule has 0 unspecified atom stereocenters. The first kappa shape index (κ1) is 29.6. The van der Waals surface area contributed by atoms with Crippen LogP contribution in [0.15, 0.2) is 67.4 Å². The summed E-state index contributed by atoms with van der Waals surface area (Å²) in [7, 11) is 1.99. The van der Waals surface area contributed by atoms with Crippen LogP contribution in [0.1, 0.15) is 16.7 Å². The number of carbonyl (C=O) groups is 2. The van der Waals surface area contributed by atoms with Gasteiger partial charge in [0.1, 0.15) is 17.3 Å². The highest BCUT2D eigenvalue weighted by molar-refractivity contribution is 6.00. The molecule has 9 nitrogen and oxygen atoms in total. The van der Waals surface area contributed by atoms with Gasteiger partial charge in [0.25, 0.3) is 0 Å². The zero-order valence-electron chi connectivity index (χ0n) is 22.7. The number of halogens is 3. The second kappa shape index (κ2) is 12.8. The van der Waals surface area contributed by atoms with Crippen molar-refractivity contribution in [3.63, 3.8) is 0 Å². The number of likely N-dealkylation sites (N-methyl/N-ethyl adjacent to an activating group) is 1. The number of alkyl halides is 3. The molecule has 0 aliphatic carbocycles. The summed E-state index contributed by atoms with van der Waals surface area (Å²) in [6.07, 6.45) is -1.98. The SMILES string of the molecule is C=CC(=O)Nc1ccc(Oc2ccc(NC(=O)Nc3ccc(CN4CCN(C)CC4)c(C(F)(F)F)c3)c(C)c2)cn1. The molecular formula is C29H31F3N6O3. The van der Waals surface area contributed by atoms with Gasteiger partial charge in [0.2, 0.25) is 5.91 Å². The molecule has 0 bridgehead atoms. The molecule has 1 aromatic heterocycles. The van der Waals surface area contributed by atoms with Gasteiger partial charge in [-0.05, 0) is 73.6 Å². The number of piperazine rings is 1. The van der Waals surface area contributed by atoms with Crippen molar-refractivity contribution < 1.29 is 27.5 Å². The number of nitrogens with one attached hydrogen (secondary N) is 3.